The maximum absolute atomic E-state index is 4.15. The Labute approximate surface area is 82.1 Å². The summed E-state index contributed by atoms with van der Waals surface area (Å²) in [5.74, 6) is 0. The number of rotatable bonds is 4. The van der Waals surface area contributed by atoms with Gasteiger partial charge in [-0.05, 0) is 28.8 Å². The first-order valence-corrected chi connectivity index (χ1v) is 5.26. The monoisotopic (exact) mass is 230 g/mol. The Balaban J connectivity index is 2.66. The molecule has 0 aliphatic heterocycles. The zero-order valence-electron chi connectivity index (χ0n) is 7.63. The Hall–Kier alpha value is -0.310. The second-order valence-electron chi connectivity index (χ2n) is 2.99. The highest BCUT2D eigenvalue weighted by Gasteiger charge is 2.06. The summed E-state index contributed by atoms with van der Waals surface area (Å²) in [7, 11) is 0. The number of hydrogen-bond acceptors (Lipinski definition) is 1. The van der Waals surface area contributed by atoms with E-state index in [1.165, 1.54) is 19.3 Å². The predicted octanol–water partition coefficient (Wildman–Crippen LogP) is 3.40. The van der Waals surface area contributed by atoms with Crippen molar-refractivity contribution in [1.29, 1.82) is 0 Å². The van der Waals surface area contributed by atoms with E-state index < -0.39 is 0 Å². The number of halogens is 1. The molecule has 12 heavy (non-hydrogen) atoms. The summed E-state index contributed by atoms with van der Waals surface area (Å²) in [5, 5.41) is 0. The molecule has 1 heterocycles. The van der Waals surface area contributed by atoms with Crippen LogP contribution in [0.4, 0.5) is 0 Å². The van der Waals surface area contributed by atoms with Crippen LogP contribution in [0.2, 0.25) is 0 Å². The maximum Gasteiger partial charge on any atom is 0.124 e. The molecule has 0 fully saturated rings. The molecule has 1 atom stereocenters. The first-order chi connectivity index (χ1) is 5.77. The number of hydrogen-bond donors (Lipinski definition) is 0. The Kier molecular flexibility index (Phi) is 3.79. The molecule has 0 aliphatic carbocycles. The lowest BCUT2D eigenvalue weighted by atomic mass is 10.1. The molecule has 0 amide bonds. The summed E-state index contributed by atoms with van der Waals surface area (Å²) < 4.78 is 3.12. The second-order valence-corrected chi connectivity index (χ2v) is 3.81. The lowest BCUT2D eigenvalue weighted by Crippen LogP contribution is -2.04. The molecule has 0 radical (unpaired) electrons. The van der Waals surface area contributed by atoms with Crippen molar-refractivity contribution < 1.29 is 0 Å². The summed E-state index contributed by atoms with van der Waals surface area (Å²) in [6.45, 7) is 4.43. The van der Waals surface area contributed by atoms with Gasteiger partial charge in [0.15, 0.2) is 0 Å². The van der Waals surface area contributed by atoms with Crippen LogP contribution >= 0.6 is 15.9 Å². The Bertz CT molecular complexity index is 232. The third kappa shape index (κ3) is 2.34. The van der Waals surface area contributed by atoms with E-state index in [-0.39, 0.29) is 0 Å². The molecule has 0 saturated heterocycles. The lowest BCUT2D eigenvalue weighted by Gasteiger charge is -2.14. The van der Waals surface area contributed by atoms with Crippen LogP contribution in [-0.4, -0.2) is 9.55 Å². The van der Waals surface area contributed by atoms with Gasteiger partial charge in [0.2, 0.25) is 0 Å². The molecule has 0 saturated carbocycles. The third-order valence-electron chi connectivity index (χ3n) is 2.08. The largest absolute Gasteiger partial charge is 0.333 e. The van der Waals surface area contributed by atoms with E-state index in [1.54, 1.807) is 0 Å². The summed E-state index contributed by atoms with van der Waals surface area (Å²) in [6, 6.07) is 0.619. The zero-order valence-corrected chi connectivity index (χ0v) is 9.21. The minimum Gasteiger partial charge on any atom is -0.333 e. The molecule has 68 valence electrons. The Morgan fingerprint density at radius 2 is 2.33 bits per heavy atom. The van der Waals surface area contributed by atoms with Gasteiger partial charge in [0.1, 0.15) is 4.60 Å². The van der Waals surface area contributed by atoms with Crippen molar-refractivity contribution in [2.24, 2.45) is 0 Å². The molecule has 2 nitrogen and oxygen atoms in total. The van der Waals surface area contributed by atoms with Crippen LogP contribution in [0.3, 0.4) is 0 Å². The van der Waals surface area contributed by atoms with Crippen molar-refractivity contribution in [3.8, 4) is 0 Å². The summed E-state index contributed by atoms with van der Waals surface area (Å²) in [5.41, 5.74) is 0. The first-order valence-electron chi connectivity index (χ1n) is 4.46. The van der Waals surface area contributed by atoms with Gasteiger partial charge < -0.3 is 4.57 Å². The number of imidazole rings is 1. The van der Waals surface area contributed by atoms with Crippen LogP contribution < -0.4 is 0 Å². The van der Waals surface area contributed by atoms with E-state index in [4.69, 9.17) is 0 Å². The van der Waals surface area contributed by atoms with E-state index in [1.807, 2.05) is 12.5 Å². The van der Waals surface area contributed by atoms with E-state index >= 15 is 0 Å². The van der Waals surface area contributed by atoms with E-state index in [0.717, 1.165) is 4.60 Å². The highest BCUT2D eigenvalue weighted by Crippen LogP contribution is 2.19. The molecule has 1 rings (SSSR count). The maximum atomic E-state index is 4.15. The van der Waals surface area contributed by atoms with Crippen LogP contribution in [-0.2, 0) is 0 Å². The van der Waals surface area contributed by atoms with E-state index in [0.29, 0.717) is 6.04 Å². The van der Waals surface area contributed by atoms with Crippen LogP contribution in [0.5, 0.6) is 0 Å². The van der Waals surface area contributed by atoms with Crippen molar-refractivity contribution in [1.82, 2.24) is 9.55 Å². The average Bonchev–Trinajstić information content (AvgIpc) is 2.47. The van der Waals surface area contributed by atoms with Crippen LogP contribution in [0.15, 0.2) is 17.1 Å². The van der Waals surface area contributed by atoms with Gasteiger partial charge in [-0.25, -0.2) is 4.98 Å². The van der Waals surface area contributed by atoms with Crippen LogP contribution in [0.1, 0.15) is 39.2 Å². The Morgan fingerprint density at radius 3 is 2.75 bits per heavy atom. The molecule has 1 unspecified atom stereocenters. The standard InChI is InChI=1S/C9H15BrN2/c1-3-5-8(4-2)12-6-9(10)11-7-12/h6-8H,3-5H2,1-2H3. The quantitative estimate of drug-likeness (QED) is 0.776. The van der Waals surface area contributed by atoms with E-state index in [2.05, 4.69) is 39.3 Å². The topological polar surface area (TPSA) is 17.8 Å². The second kappa shape index (κ2) is 4.65. The van der Waals surface area contributed by atoms with Gasteiger partial charge >= 0.3 is 0 Å². The third-order valence-corrected chi connectivity index (χ3v) is 2.49. The van der Waals surface area contributed by atoms with Gasteiger partial charge in [0.25, 0.3) is 0 Å². The molecular formula is C9H15BrN2. The fraction of sp³-hybridized carbons (Fsp3) is 0.667. The fourth-order valence-corrected chi connectivity index (χ4v) is 1.74. The highest BCUT2D eigenvalue weighted by molar-refractivity contribution is 9.10. The fourth-order valence-electron chi connectivity index (χ4n) is 1.41. The highest BCUT2D eigenvalue weighted by atomic mass is 79.9. The zero-order chi connectivity index (χ0) is 8.97. The van der Waals surface area contributed by atoms with Crippen molar-refractivity contribution in [3.63, 3.8) is 0 Å². The van der Waals surface area contributed by atoms with Gasteiger partial charge in [-0.15, -0.1) is 0 Å². The van der Waals surface area contributed by atoms with Crippen molar-refractivity contribution in [2.75, 3.05) is 0 Å². The normalized spacial score (nSPS) is 13.2. The summed E-state index contributed by atoms with van der Waals surface area (Å²) >= 11 is 3.35. The summed E-state index contributed by atoms with van der Waals surface area (Å²) in [4.78, 5) is 4.15. The number of aromatic nitrogens is 2. The molecule has 1 aromatic heterocycles. The van der Waals surface area contributed by atoms with Crippen molar-refractivity contribution in [3.05, 3.63) is 17.1 Å². The smallest absolute Gasteiger partial charge is 0.124 e. The lowest BCUT2D eigenvalue weighted by molar-refractivity contribution is 0.447. The minimum atomic E-state index is 0.619. The van der Waals surface area contributed by atoms with Gasteiger partial charge in [0, 0.05) is 12.2 Å². The molecule has 0 N–H and O–H groups in total. The van der Waals surface area contributed by atoms with Crippen molar-refractivity contribution >= 4 is 15.9 Å². The van der Waals surface area contributed by atoms with E-state index in [9.17, 15) is 0 Å². The first kappa shape index (κ1) is 9.78. The molecule has 0 aliphatic rings. The SMILES string of the molecule is CCCC(CC)n1cnc(Br)c1. The number of nitrogens with zero attached hydrogens (tertiary/aromatic N) is 2. The molecule has 0 bridgehead atoms. The summed E-state index contributed by atoms with van der Waals surface area (Å²) in [6.07, 6.45) is 7.59. The molecule has 1 aromatic rings. The van der Waals surface area contributed by atoms with Gasteiger partial charge in [-0.3, -0.25) is 0 Å². The van der Waals surface area contributed by atoms with Crippen molar-refractivity contribution in [2.45, 2.75) is 39.2 Å². The van der Waals surface area contributed by atoms with Crippen LogP contribution in [0.25, 0.3) is 0 Å². The van der Waals surface area contributed by atoms with Crippen LogP contribution in [0, 0.1) is 0 Å². The van der Waals surface area contributed by atoms with Gasteiger partial charge in [-0.1, -0.05) is 20.3 Å². The molecule has 0 aromatic carbocycles. The molecule has 0 spiro atoms. The minimum absolute atomic E-state index is 0.619. The Morgan fingerprint density at radius 1 is 1.58 bits per heavy atom. The predicted molar refractivity (Wildman–Crippen MR) is 54.2 cm³/mol. The molecular weight excluding hydrogens is 216 g/mol. The van der Waals surface area contributed by atoms with Gasteiger partial charge in [0.05, 0.1) is 6.33 Å². The average molecular weight is 231 g/mol. The van der Waals surface area contributed by atoms with Gasteiger partial charge in [-0.2, -0.15) is 0 Å². The molecule has 3 heteroatoms.